The number of unbranched alkanes of at least 4 members (excludes halogenated alkanes) is 12. The van der Waals surface area contributed by atoms with Crippen LogP contribution in [0.1, 0.15) is 118 Å². The number of imide groups is 1. The minimum atomic E-state index is -0.144. The van der Waals surface area contributed by atoms with E-state index in [9.17, 15) is 9.59 Å². The summed E-state index contributed by atoms with van der Waals surface area (Å²) in [6, 6.07) is 7.08. The molecule has 1 aliphatic heterocycles. The van der Waals surface area contributed by atoms with Crippen molar-refractivity contribution in [3.05, 3.63) is 35.4 Å². The van der Waals surface area contributed by atoms with Crippen LogP contribution in [0.25, 0.3) is 0 Å². The van der Waals surface area contributed by atoms with Crippen LogP contribution in [-0.2, 0) is 0 Å². The van der Waals surface area contributed by atoms with E-state index in [0.29, 0.717) is 17.7 Å². The SMILES string of the molecule is CCCCCCCCC#CC#CCCCCCCCCN1C(=O)c2ccccc2C1=O. The second-order valence-electron chi connectivity index (χ2n) is 8.30. The number of amides is 2. The predicted molar refractivity (Wildman–Crippen MR) is 128 cm³/mol. The highest BCUT2D eigenvalue weighted by molar-refractivity contribution is 6.21. The minimum absolute atomic E-state index is 0.144. The Morgan fingerprint density at radius 2 is 1.10 bits per heavy atom. The molecule has 1 aromatic rings. The second-order valence-corrected chi connectivity index (χ2v) is 8.30. The molecule has 2 rings (SSSR count). The summed E-state index contributed by atoms with van der Waals surface area (Å²) in [6.07, 6.45) is 16.2. The van der Waals surface area contributed by atoms with Gasteiger partial charge in [0.15, 0.2) is 0 Å². The van der Waals surface area contributed by atoms with Gasteiger partial charge in [-0.1, -0.05) is 88.7 Å². The first kappa shape index (κ1) is 24.7. The van der Waals surface area contributed by atoms with E-state index in [1.807, 2.05) is 0 Å². The molecule has 0 saturated heterocycles. The molecule has 2 amide bonds. The third kappa shape index (κ3) is 9.02. The molecule has 0 aromatic heterocycles. The van der Waals surface area contributed by atoms with Crippen LogP contribution in [0.15, 0.2) is 24.3 Å². The minimum Gasteiger partial charge on any atom is -0.274 e. The molecular formula is C28H37NO2. The fraction of sp³-hybridized carbons (Fsp3) is 0.571. The van der Waals surface area contributed by atoms with Crippen molar-refractivity contribution in [2.24, 2.45) is 0 Å². The van der Waals surface area contributed by atoms with Crippen LogP contribution < -0.4 is 0 Å². The van der Waals surface area contributed by atoms with Crippen molar-refractivity contribution in [1.82, 2.24) is 4.90 Å². The van der Waals surface area contributed by atoms with Crippen molar-refractivity contribution in [2.75, 3.05) is 6.54 Å². The van der Waals surface area contributed by atoms with E-state index in [2.05, 4.69) is 30.6 Å². The van der Waals surface area contributed by atoms with E-state index in [0.717, 1.165) is 38.5 Å². The topological polar surface area (TPSA) is 37.4 Å². The number of hydrogen-bond donors (Lipinski definition) is 0. The van der Waals surface area contributed by atoms with Crippen molar-refractivity contribution >= 4 is 11.8 Å². The van der Waals surface area contributed by atoms with Gasteiger partial charge in [0.1, 0.15) is 0 Å². The second kappa shape index (κ2) is 15.3. The number of nitrogens with zero attached hydrogens (tertiary/aromatic N) is 1. The zero-order valence-electron chi connectivity index (χ0n) is 19.2. The normalized spacial score (nSPS) is 12.2. The predicted octanol–water partition coefficient (Wildman–Crippen LogP) is 6.77. The van der Waals surface area contributed by atoms with E-state index in [4.69, 9.17) is 0 Å². The molecule has 0 aliphatic carbocycles. The number of rotatable bonds is 14. The molecule has 1 aromatic carbocycles. The molecule has 0 N–H and O–H groups in total. The van der Waals surface area contributed by atoms with Gasteiger partial charge in [-0.05, 0) is 43.2 Å². The summed E-state index contributed by atoms with van der Waals surface area (Å²) in [5.41, 5.74) is 1.08. The fourth-order valence-electron chi connectivity index (χ4n) is 3.84. The van der Waals surface area contributed by atoms with E-state index in [1.165, 1.54) is 56.3 Å². The maximum absolute atomic E-state index is 12.3. The Hall–Kier alpha value is -2.52. The molecule has 0 unspecified atom stereocenters. The lowest BCUT2D eigenvalue weighted by molar-refractivity contribution is 0.0651. The Kier molecular flexibility index (Phi) is 12.2. The Morgan fingerprint density at radius 3 is 1.61 bits per heavy atom. The molecule has 0 spiro atoms. The number of carbonyl (C=O) groups is 2. The van der Waals surface area contributed by atoms with Crippen molar-refractivity contribution < 1.29 is 9.59 Å². The van der Waals surface area contributed by atoms with Gasteiger partial charge in [0.25, 0.3) is 11.8 Å². The van der Waals surface area contributed by atoms with Gasteiger partial charge < -0.3 is 0 Å². The average molecular weight is 420 g/mol. The maximum atomic E-state index is 12.3. The van der Waals surface area contributed by atoms with Gasteiger partial charge in [0, 0.05) is 19.4 Å². The number of fused-ring (bicyclic) bond motifs is 1. The Balaban J connectivity index is 1.43. The van der Waals surface area contributed by atoms with Crippen LogP contribution in [0.2, 0.25) is 0 Å². The highest BCUT2D eigenvalue weighted by atomic mass is 16.2. The summed E-state index contributed by atoms with van der Waals surface area (Å²) < 4.78 is 0. The van der Waals surface area contributed by atoms with Crippen molar-refractivity contribution in [3.8, 4) is 23.7 Å². The summed E-state index contributed by atoms with van der Waals surface area (Å²) in [5.74, 6) is 12.0. The maximum Gasteiger partial charge on any atom is 0.261 e. The fourth-order valence-corrected chi connectivity index (χ4v) is 3.84. The summed E-state index contributed by atoms with van der Waals surface area (Å²) in [4.78, 5) is 26.0. The quantitative estimate of drug-likeness (QED) is 0.189. The molecule has 0 atom stereocenters. The molecule has 1 heterocycles. The van der Waals surface area contributed by atoms with Crippen LogP contribution in [0.4, 0.5) is 0 Å². The van der Waals surface area contributed by atoms with Crippen LogP contribution in [0, 0.1) is 23.7 Å². The van der Waals surface area contributed by atoms with E-state index >= 15 is 0 Å². The van der Waals surface area contributed by atoms with Crippen molar-refractivity contribution in [1.29, 1.82) is 0 Å². The molecule has 0 fully saturated rings. The molecule has 3 heteroatoms. The van der Waals surface area contributed by atoms with E-state index in [-0.39, 0.29) is 11.8 Å². The molecule has 31 heavy (non-hydrogen) atoms. The first-order valence-corrected chi connectivity index (χ1v) is 12.2. The highest BCUT2D eigenvalue weighted by Gasteiger charge is 2.34. The number of carbonyl (C=O) groups excluding carboxylic acids is 2. The van der Waals surface area contributed by atoms with Gasteiger partial charge in [-0.2, -0.15) is 0 Å². The van der Waals surface area contributed by atoms with Gasteiger partial charge >= 0.3 is 0 Å². The van der Waals surface area contributed by atoms with Crippen LogP contribution in [-0.4, -0.2) is 23.3 Å². The lowest BCUT2D eigenvalue weighted by Crippen LogP contribution is -2.30. The van der Waals surface area contributed by atoms with Crippen LogP contribution in [0.3, 0.4) is 0 Å². The summed E-state index contributed by atoms with van der Waals surface area (Å²) in [6.45, 7) is 2.77. The number of hydrogen-bond acceptors (Lipinski definition) is 2. The van der Waals surface area contributed by atoms with Gasteiger partial charge in [-0.15, -0.1) is 0 Å². The highest BCUT2D eigenvalue weighted by Crippen LogP contribution is 2.22. The molecule has 1 aliphatic rings. The standard InChI is InChI=1S/C28H37NO2/c1-2-3-4-5-6-7-8-9-10-11-12-13-14-15-16-17-18-21-24-29-27(30)25-22-19-20-23-26(25)28(29)31/h19-20,22-23H,2-8,13-18,21,24H2,1H3. The van der Waals surface area contributed by atoms with Crippen LogP contribution >= 0.6 is 0 Å². The average Bonchev–Trinajstić information content (AvgIpc) is 3.03. The largest absolute Gasteiger partial charge is 0.274 e. The Labute approximate surface area is 189 Å². The van der Waals surface area contributed by atoms with Gasteiger partial charge in [0.05, 0.1) is 11.1 Å². The van der Waals surface area contributed by atoms with Gasteiger partial charge in [-0.3, -0.25) is 14.5 Å². The third-order valence-corrected chi connectivity index (χ3v) is 5.71. The van der Waals surface area contributed by atoms with Gasteiger partial charge in [0.2, 0.25) is 0 Å². The molecule has 3 nitrogen and oxygen atoms in total. The molecule has 0 radical (unpaired) electrons. The Morgan fingerprint density at radius 1 is 0.645 bits per heavy atom. The lowest BCUT2D eigenvalue weighted by Gasteiger charge is -2.13. The smallest absolute Gasteiger partial charge is 0.261 e. The summed E-state index contributed by atoms with van der Waals surface area (Å²) in [5, 5.41) is 0. The molecular weight excluding hydrogens is 382 g/mol. The zero-order chi connectivity index (χ0) is 22.2. The zero-order valence-corrected chi connectivity index (χ0v) is 19.2. The molecule has 166 valence electrons. The third-order valence-electron chi connectivity index (χ3n) is 5.71. The van der Waals surface area contributed by atoms with Crippen molar-refractivity contribution in [3.63, 3.8) is 0 Å². The molecule has 0 bridgehead atoms. The monoisotopic (exact) mass is 419 g/mol. The van der Waals surface area contributed by atoms with E-state index in [1.54, 1.807) is 24.3 Å². The summed E-state index contributed by atoms with van der Waals surface area (Å²) in [7, 11) is 0. The first-order chi connectivity index (χ1) is 15.3. The Bertz CT molecular complexity index is 784. The number of benzene rings is 1. The lowest BCUT2D eigenvalue weighted by atomic mass is 10.1. The van der Waals surface area contributed by atoms with Crippen molar-refractivity contribution in [2.45, 2.75) is 96.8 Å². The first-order valence-electron chi connectivity index (χ1n) is 12.2. The summed E-state index contributed by atoms with van der Waals surface area (Å²) >= 11 is 0. The van der Waals surface area contributed by atoms with Gasteiger partial charge in [-0.25, -0.2) is 0 Å². The van der Waals surface area contributed by atoms with Crippen LogP contribution in [0.5, 0.6) is 0 Å². The molecule has 0 saturated carbocycles. The van der Waals surface area contributed by atoms with E-state index < -0.39 is 0 Å².